The number of benzene rings is 1. The first-order valence-corrected chi connectivity index (χ1v) is 14.3. The highest BCUT2D eigenvalue weighted by molar-refractivity contribution is 7.98. The number of nitrogens with one attached hydrogen (secondary N) is 2. The average Bonchev–Trinajstić information content (AvgIpc) is 2.78. The molecule has 6 heteroatoms. The molecule has 1 aromatic carbocycles. The zero-order valence-electron chi connectivity index (χ0n) is 19.7. The van der Waals surface area contributed by atoms with Gasteiger partial charge in [-0.15, -0.1) is 0 Å². The predicted octanol–water partition coefficient (Wildman–Crippen LogP) is 4.03. The Labute approximate surface area is 195 Å². The summed E-state index contributed by atoms with van der Waals surface area (Å²) >= 11 is 0. The first kappa shape index (κ1) is 23.7. The zero-order chi connectivity index (χ0) is 22.6. The van der Waals surface area contributed by atoms with Crippen LogP contribution in [0.15, 0.2) is 42.7 Å². The molecule has 0 radical (unpaired) electrons. The largest absolute Gasteiger partial charge is 0.376 e. The zero-order valence-corrected chi connectivity index (χ0v) is 20.5. The molecule has 1 aromatic rings. The standard InChI is InChI=1S/C26H41N3O2S/c1-4-27-21(2)29-18-8-16-26(17-9-19-32(3,30)28-26)25(29)20-31-24-14-12-23(13-15-24)22-10-6-5-7-11-22/h5-7,10-11,23-25,27H,2-4,8-9,12-20H2,1H3,(H,28,30). The summed E-state index contributed by atoms with van der Waals surface area (Å²) in [6.45, 7) is 8.87. The highest BCUT2D eigenvalue weighted by Crippen LogP contribution is 2.38. The maximum Gasteiger partial charge on any atom is 0.0942 e. The summed E-state index contributed by atoms with van der Waals surface area (Å²) < 4.78 is 23.1. The lowest BCUT2D eigenvalue weighted by Gasteiger charge is -2.54. The van der Waals surface area contributed by atoms with E-state index in [1.807, 2.05) is 0 Å². The van der Waals surface area contributed by atoms with Crippen molar-refractivity contribution in [1.29, 1.82) is 0 Å². The van der Waals surface area contributed by atoms with Gasteiger partial charge in [0.25, 0.3) is 0 Å². The van der Waals surface area contributed by atoms with E-state index in [-0.39, 0.29) is 11.6 Å². The van der Waals surface area contributed by atoms with Crippen LogP contribution in [-0.4, -0.2) is 58.1 Å². The lowest BCUT2D eigenvalue weighted by atomic mass is 9.78. The van der Waals surface area contributed by atoms with Crippen molar-refractivity contribution in [2.24, 2.45) is 0 Å². The molecule has 3 atom stereocenters. The van der Waals surface area contributed by atoms with Gasteiger partial charge in [0.15, 0.2) is 0 Å². The van der Waals surface area contributed by atoms with Crippen molar-refractivity contribution in [3.63, 3.8) is 0 Å². The molecule has 0 bridgehead atoms. The van der Waals surface area contributed by atoms with E-state index in [2.05, 4.69) is 64.6 Å². The van der Waals surface area contributed by atoms with Gasteiger partial charge in [-0.1, -0.05) is 36.9 Å². The van der Waals surface area contributed by atoms with Crippen LogP contribution in [0.4, 0.5) is 0 Å². The van der Waals surface area contributed by atoms with Crippen molar-refractivity contribution < 1.29 is 8.95 Å². The number of nitrogens with zero attached hydrogens (tertiary/aromatic N) is 1. The summed E-state index contributed by atoms with van der Waals surface area (Å²) in [5.41, 5.74) is 1.25. The van der Waals surface area contributed by atoms with Gasteiger partial charge in [-0.05, 0) is 75.6 Å². The second kappa shape index (κ2) is 10.2. The van der Waals surface area contributed by atoms with Crippen LogP contribution in [0.5, 0.6) is 0 Å². The Kier molecular flexibility index (Phi) is 7.53. The molecule has 3 fully saturated rings. The van der Waals surface area contributed by atoms with Crippen LogP contribution in [0.25, 0.3) is 0 Å². The minimum atomic E-state index is -2.25. The minimum Gasteiger partial charge on any atom is -0.376 e. The Balaban J connectivity index is 1.43. The molecular weight excluding hydrogens is 418 g/mol. The first-order chi connectivity index (χ1) is 15.4. The predicted molar refractivity (Wildman–Crippen MR) is 135 cm³/mol. The smallest absolute Gasteiger partial charge is 0.0942 e. The van der Waals surface area contributed by atoms with E-state index in [4.69, 9.17) is 4.74 Å². The Morgan fingerprint density at radius 2 is 1.94 bits per heavy atom. The van der Waals surface area contributed by atoms with E-state index in [0.717, 1.165) is 57.4 Å². The Bertz CT molecular complexity index is 860. The fourth-order valence-electron chi connectivity index (χ4n) is 6.08. The molecule has 0 aromatic heterocycles. The topological polar surface area (TPSA) is 53.6 Å². The molecule has 2 aliphatic heterocycles. The third-order valence-corrected chi connectivity index (χ3v) is 9.41. The van der Waals surface area contributed by atoms with Crippen LogP contribution in [-0.2, 0) is 14.4 Å². The highest BCUT2D eigenvalue weighted by Gasteiger charge is 2.48. The fourth-order valence-corrected chi connectivity index (χ4v) is 7.88. The van der Waals surface area contributed by atoms with E-state index in [0.29, 0.717) is 24.4 Å². The van der Waals surface area contributed by atoms with Crippen LogP contribution in [0.2, 0.25) is 0 Å². The second-order valence-electron chi connectivity index (χ2n) is 9.89. The summed E-state index contributed by atoms with van der Waals surface area (Å²) in [5, 5.41) is 3.41. The maximum atomic E-state index is 13.0. The van der Waals surface area contributed by atoms with Crippen molar-refractivity contribution in [1.82, 2.24) is 14.9 Å². The lowest BCUT2D eigenvalue weighted by molar-refractivity contribution is -0.0427. The van der Waals surface area contributed by atoms with Crippen molar-refractivity contribution in [2.45, 2.75) is 81.9 Å². The molecule has 3 aliphatic rings. The Morgan fingerprint density at radius 1 is 1.22 bits per heavy atom. The van der Waals surface area contributed by atoms with Gasteiger partial charge >= 0.3 is 0 Å². The number of hydrogen-bond acceptors (Lipinski definition) is 4. The number of likely N-dealkylation sites (tertiary alicyclic amines) is 1. The van der Waals surface area contributed by atoms with Crippen molar-refractivity contribution >= 4 is 15.6 Å². The molecule has 5 nitrogen and oxygen atoms in total. The molecule has 2 saturated heterocycles. The van der Waals surface area contributed by atoms with Gasteiger partial charge in [-0.25, -0.2) is 4.72 Å². The molecular formula is C26H41N3O2S. The van der Waals surface area contributed by atoms with E-state index < -0.39 is 9.71 Å². The summed E-state index contributed by atoms with van der Waals surface area (Å²) in [7, 11) is -2.25. The average molecular weight is 460 g/mol. The van der Waals surface area contributed by atoms with Crippen molar-refractivity contribution in [2.75, 3.05) is 25.4 Å². The minimum absolute atomic E-state index is 0.123. The maximum absolute atomic E-state index is 13.0. The molecule has 4 rings (SSSR count). The monoisotopic (exact) mass is 459 g/mol. The molecule has 0 amide bonds. The highest BCUT2D eigenvalue weighted by atomic mass is 32.2. The van der Waals surface area contributed by atoms with Gasteiger partial charge in [-0.3, -0.25) is 4.21 Å². The van der Waals surface area contributed by atoms with Gasteiger partial charge in [0.2, 0.25) is 0 Å². The van der Waals surface area contributed by atoms with Crippen molar-refractivity contribution in [3.8, 4) is 0 Å². The lowest BCUT2D eigenvalue weighted by Crippen LogP contribution is -2.68. The summed E-state index contributed by atoms with van der Waals surface area (Å²) in [6, 6.07) is 11.0. The van der Waals surface area contributed by atoms with Gasteiger partial charge in [-0.2, -0.15) is 0 Å². The molecule has 1 aliphatic carbocycles. The van der Waals surface area contributed by atoms with Crippen LogP contribution >= 0.6 is 0 Å². The van der Waals surface area contributed by atoms with Crippen LogP contribution in [0, 0.1) is 0 Å². The summed E-state index contributed by atoms with van der Waals surface area (Å²) in [6.07, 6.45) is 8.93. The second-order valence-corrected chi connectivity index (χ2v) is 12.1. The quantitative estimate of drug-likeness (QED) is 0.605. The molecule has 1 saturated carbocycles. The normalized spacial score (nSPS) is 35.5. The fraction of sp³-hybridized carbons (Fsp3) is 0.654. The number of rotatable bonds is 7. The third-order valence-electron chi connectivity index (χ3n) is 7.68. The molecule has 2 heterocycles. The van der Waals surface area contributed by atoms with E-state index in [1.165, 1.54) is 18.4 Å². The molecule has 3 unspecified atom stereocenters. The van der Waals surface area contributed by atoms with E-state index >= 15 is 0 Å². The summed E-state index contributed by atoms with van der Waals surface area (Å²) in [4.78, 5) is 2.37. The number of ether oxygens (including phenoxy) is 1. The van der Waals surface area contributed by atoms with Crippen LogP contribution in [0.3, 0.4) is 0 Å². The van der Waals surface area contributed by atoms with Crippen LogP contribution < -0.4 is 10.0 Å². The Morgan fingerprint density at radius 3 is 2.62 bits per heavy atom. The molecule has 1 spiro atoms. The molecule has 2 N–H and O–H groups in total. The molecule has 178 valence electrons. The number of piperidine rings is 1. The third kappa shape index (κ3) is 5.35. The van der Waals surface area contributed by atoms with Gasteiger partial charge in [0.05, 0.1) is 30.1 Å². The van der Waals surface area contributed by atoms with Gasteiger partial charge in [0, 0.05) is 28.6 Å². The molecule has 32 heavy (non-hydrogen) atoms. The summed E-state index contributed by atoms with van der Waals surface area (Å²) in [5.74, 6) is 6.30. The number of hydrogen-bond donors (Lipinski definition) is 2. The van der Waals surface area contributed by atoms with Crippen molar-refractivity contribution in [3.05, 3.63) is 48.3 Å². The SMILES string of the molecule is C=C(NCC)N1CCCC2(CCCS(=C)(=O)N2)C1COC1CCC(c2ccccc2)CC1. The van der Waals surface area contributed by atoms with E-state index in [9.17, 15) is 4.21 Å². The van der Waals surface area contributed by atoms with Gasteiger partial charge in [0.1, 0.15) is 0 Å². The van der Waals surface area contributed by atoms with Crippen LogP contribution in [0.1, 0.15) is 69.8 Å². The van der Waals surface area contributed by atoms with E-state index in [1.54, 1.807) is 0 Å². The Hall–Kier alpha value is -1.50. The van der Waals surface area contributed by atoms with Gasteiger partial charge < -0.3 is 15.0 Å². The first-order valence-electron chi connectivity index (χ1n) is 12.4.